The smallest absolute Gasteiger partial charge is 0.258 e. The third-order valence-electron chi connectivity index (χ3n) is 3.80. The van der Waals surface area contributed by atoms with Crippen molar-refractivity contribution in [1.82, 2.24) is 15.2 Å². The first-order valence-corrected chi connectivity index (χ1v) is 8.42. The second-order valence-electron chi connectivity index (χ2n) is 5.42. The van der Waals surface area contributed by atoms with Crippen LogP contribution < -0.4 is 10.9 Å². The summed E-state index contributed by atoms with van der Waals surface area (Å²) in [6.45, 7) is 3.05. The van der Waals surface area contributed by atoms with Crippen molar-refractivity contribution in [3.8, 4) is 10.6 Å². The Morgan fingerprint density at radius 3 is 3.05 bits per heavy atom. The molecule has 2 aromatic heterocycles. The van der Waals surface area contributed by atoms with Crippen LogP contribution in [0.4, 0.5) is 5.13 Å². The van der Waals surface area contributed by atoms with Crippen LogP contribution in [0, 0.1) is 0 Å². The summed E-state index contributed by atoms with van der Waals surface area (Å²) in [6.07, 6.45) is 6.62. The molecule has 1 aliphatic rings. The molecule has 0 bridgehead atoms. The van der Waals surface area contributed by atoms with E-state index in [2.05, 4.69) is 27.4 Å². The second-order valence-corrected chi connectivity index (χ2v) is 6.39. The molecule has 2 N–H and O–H groups in total. The molecule has 0 saturated carbocycles. The van der Waals surface area contributed by atoms with Crippen molar-refractivity contribution in [3.05, 3.63) is 27.7 Å². The predicted molar refractivity (Wildman–Crippen MR) is 86.0 cm³/mol. The van der Waals surface area contributed by atoms with Gasteiger partial charge >= 0.3 is 0 Å². The van der Waals surface area contributed by atoms with E-state index in [0.717, 1.165) is 49.5 Å². The summed E-state index contributed by atoms with van der Waals surface area (Å²) in [7, 11) is 0. The van der Waals surface area contributed by atoms with E-state index in [-0.39, 0.29) is 5.56 Å². The van der Waals surface area contributed by atoms with Crippen molar-refractivity contribution >= 4 is 16.5 Å². The third kappa shape index (κ3) is 3.15. The van der Waals surface area contributed by atoms with E-state index in [4.69, 9.17) is 0 Å². The van der Waals surface area contributed by atoms with Gasteiger partial charge in [0.1, 0.15) is 0 Å². The topological polar surface area (TPSA) is 70.7 Å². The molecule has 112 valence electrons. The fourth-order valence-corrected chi connectivity index (χ4v) is 3.39. The van der Waals surface area contributed by atoms with Crippen LogP contribution in [0.2, 0.25) is 0 Å². The largest absolute Gasteiger partial charge is 0.360 e. The zero-order valence-electron chi connectivity index (χ0n) is 12.2. The van der Waals surface area contributed by atoms with Gasteiger partial charge in [0, 0.05) is 12.2 Å². The van der Waals surface area contributed by atoms with Gasteiger partial charge in [-0.1, -0.05) is 24.7 Å². The Hall–Kier alpha value is -1.69. The summed E-state index contributed by atoms with van der Waals surface area (Å²) in [5.74, 6) is 0. The SMILES string of the molecule is CCCCNc1nnc(-c2cc3c([nH]c2=O)CCCC3)s1. The number of aromatic amines is 1. The van der Waals surface area contributed by atoms with Gasteiger partial charge in [0.05, 0.1) is 5.56 Å². The number of nitrogens with zero attached hydrogens (tertiary/aromatic N) is 2. The third-order valence-corrected chi connectivity index (χ3v) is 4.71. The molecule has 6 heteroatoms. The summed E-state index contributed by atoms with van der Waals surface area (Å²) < 4.78 is 0. The zero-order valence-corrected chi connectivity index (χ0v) is 13.1. The van der Waals surface area contributed by atoms with Gasteiger partial charge in [-0.25, -0.2) is 0 Å². The minimum absolute atomic E-state index is 0.0492. The van der Waals surface area contributed by atoms with Crippen molar-refractivity contribution in [1.29, 1.82) is 0 Å². The van der Waals surface area contributed by atoms with E-state index in [9.17, 15) is 4.79 Å². The molecule has 0 unspecified atom stereocenters. The van der Waals surface area contributed by atoms with Crippen LogP contribution in [0.1, 0.15) is 43.9 Å². The van der Waals surface area contributed by atoms with Gasteiger partial charge < -0.3 is 10.3 Å². The quantitative estimate of drug-likeness (QED) is 0.833. The van der Waals surface area contributed by atoms with Crippen LogP contribution in [-0.2, 0) is 12.8 Å². The van der Waals surface area contributed by atoms with Crippen LogP contribution >= 0.6 is 11.3 Å². The highest BCUT2D eigenvalue weighted by Gasteiger charge is 2.16. The van der Waals surface area contributed by atoms with Crippen LogP contribution in [0.15, 0.2) is 10.9 Å². The number of H-pyrrole nitrogens is 1. The molecule has 0 spiro atoms. The number of aryl methyl sites for hydroxylation is 2. The van der Waals surface area contributed by atoms with Crippen LogP contribution in [-0.4, -0.2) is 21.7 Å². The van der Waals surface area contributed by atoms with Crippen LogP contribution in [0.3, 0.4) is 0 Å². The summed E-state index contributed by atoms with van der Waals surface area (Å²) in [6, 6.07) is 2.00. The van der Waals surface area contributed by atoms with Gasteiger partial charge in [0.25, 0.3) is 5.56 Å². The van der Waals surface area contributed by atoms with Gasteiger partial charge in [-0.2, -0.15) is 0 Å². The first-order chi connectivity index (χ1) is 10.3. The Morgan fingerprint density at radius 1 is 1.33 bits per heavy atom. The maximum absolute atomic E-state index is 12.2. The van der Waals surface area contributed by atoms with E-state index in [1.54, 1.807) is 0 Å². The fourth-order valence-electron chi connectivity index (χ4n) is 2.61. The van der Waals surface area contributed by atoms with E-state index < -0.39 is 0 Å². The first-order valence-electron chi connectivity index (χ1n) is 7.60. The predicted octanol–water partition coefficient (Wildman–Crippen LogP) is 2.98. The molecule has 0 fully saturated rings. The molecule has 0 amide bonds. The zero-order chi connectivity index (χ0) is 14.7. The van der Waals surface area contributed by atoms with E-state index in [1.807, 2.05) is 6.07 Å². The first kappa shape index (κ1) is 14.3. The maximum Gasteiger partial charge on any atom is 0.258 e. The monoisotopic (exact) mass is 304 g/mol. The molecule has 0 radical (unpaired) electrons. The number of anilines is 1. The summed E-state index contributed by atoms with van der Waals surface area (Å²) >= 11 is 1.45. The number of hydrogen-bond donors (Lipinski definition) is 2. The summed E-state index contributed by atoms with van der Waals surface area (Å²) in [5, 5.41) is 13.0. The van der Waals surface area contributed by atoms with Crippen molar-refractivity contribution in [2.45, 2.75) is 45.4 Å². The molecule has 3 rings (SSSR count). The maximum atomic E-state index is 12.2. The minimum atomic E-state index is -0.0492. The number of fused-ring (bicyclic) bond motifs is 1. The molecule has 21 heavy (non-hydrogen) atoms. The number of hydrogen-bond acceptors (Lipinski definition) is 5. The standard InChI is InChI=1S/C15H20N4OS/c1-2-3-8-16-15-19-18-14(21-15)11-9-10-6-4-5-7-12(10)17-13(11)20/h9H,2-8H2,1H3,(H,16,19)(H,17,20). The molecule has 0 saturated heterocycles. The highest BCUT2D eigenvalue weighted by atomic mass is 32.1. The van der Waals surface area contributed by atoms with Crippen molar-refractivity contribution in [3.63, 3.8) is 0 Å². The van der Waals surface area contributed by atoms with Gasteiger partial charge in [-0.05, 0) is 43.7 Å². The Kier molecular flexibility index (Phi) is 4.34. The van der Waals surface area contributed by atoms with Gasteiger partial charge in [-0.15, -0.1) is 10.2 Å². The molecular weight excluding hydrogens is 284 g/mol. The van der Waals surface area contributed by atoms with Gasteiger partial charge in [0.2, 0.25) is 5.13 Å². The molecular formula is C15H20N4OS. The minimum Gasteiger partial charge on any atom is -0.360 e. The lowest BCUT2D eigenvalue weighted by atomic mass is 9.95. The lowest BCUT2D eigenvalue weighted by Crippen LogP contribution is -2.16. The number of aromatic nitrogens is 3. The van der Waals surface area contributed by atoms with Crippen molar-refractivity contribution < 1.29 is 0 Å². The van der Waals surface area contributed by atoms with Crippen molar-refractivity contribution in [2.24, 2.45) is 0 Å². The number of unbranched alkanes of at least 4 members (excludes halogenated alkanes) is 1. The molecule has 1 aliphatic carbocycles. The highest BCUT2D eigenvalue weighted by molar-refractivity contribution is 7.18. The van der Waals surface area contributed by atoms with Crippen LogP contribution in [0.5, 0.6) is 0 Å². The van der Waals surface area contributed by atoms with Crippen molar-refractivity contribution in [2.75, 3.05) is 11.9 Å². The number of rotatable bonds is 5. The molecule has 0 aromatic carbocycles. The fraction of sp³-hybridized carbons (Fsp3) is 0.533. The Morgan fingerprint density at radius 2 is 2.19 bits per heavy atom. The molecule has 0 atom stereocenters. The lowest BCUT2D eigenvalue weighted by Gasteiger charge is -2.15. The lowest BCUT2D eigenvalue weighted by molar-refractivity contribution is 0.665. The number of pyridine rings is 1. The average molecular weight is 304 g/mol. The average Bonchev–Trinajstić information content (AvgIpc) is 2.95. The summed E-state index contributed by atoms with van der Waals surface area (Å²) in [4.78, 5) is 15.2. The van der Waals surface area contributed by atoms with E-state index >= 15 is 0 Å². The molecule has 5 nitrogen and oxygen atoms in total. The number of nitrogens with one attached hydrogen (secondary N) is 2. The highest BCUT2D eigenvalue weighted by Crippen LogP contribution is 2.27. The van der Waals surface area contributed by atoms with E-state index in [0.29, 0.717) is 10.6 Å². The molecule has 2 heterocycles. The Balaban J connectivity index is 1.85. The molecule has 0 aliphatic heterocycles. The van der Waals surface area contributed by atoms with Gasteiger partial charge in [-0.3, -0.25) is 4.79 Å². The normalized spacial score (nSPS) is 14.0. The Bertz CT molecular complexity index is 677. The summed E-state index contributed by atoms with van der Waals surface area (Å²) in [5.41, 5.74) is 2.95. The van der Waals surface area contributed by atoms with Crippen LogP contribution in [0.25, 0.3) is 10.6 Å². The van der Waals surface area contributed by atoms with Gasteiger partial charge in [0.15, 0.2) is 5.01 Å². The second kappa shape index (κ2) is 6.39. The van der Waals surface area contributed by atoms with E-state index in [1.165, 1.54) is 23.3 Å². The Labute approximate surface area is 127 Å². The molecule has 2 aromatic rings.